The summed E-state index contributed by atoms with van der Waals surface area (Å²) < 4.78 is 12.2. The number of hydrogen-bond donors (Lipinski definition) is 1. The summed E-state index contributed by atoms with van der Waals surface area (Å²) in [6, 6.07) is 2.18. The van der Waals surface area contributed by atoms with Gasteiger partial charge in [-0.3, -0.25) is 4.79 Å². The van der Waals surface area contributed by atoms with E-state index >= 15 is 0 Å². The number of ether oxygens (including phenoxy) is 2. The number of carbonyl (C=O) groups is 1. The molecule has 1 aliphatic carbocycles. The van der Waals surface area contributed by atoms with Crippen molar-refractivity contribution in [2.45, 2.75) is 63.1 Å². The minimum absolute atomic E-state index is 0. The van der Waals surface area contributed by atoms with E-state index in [-0.39, 0.29) is 30.0 Å². The van der Waals surface area contributed by atoms with Crippen LogP contribution in [0.25, 0.3) is 0 Å². The summed E-state index contributed by atoms with van der Waals surface area (Å²) >= 11 is 1.72. The Kier molecular flexibility index (Phi) is 6.86. The number of nitrogens with one attached hydrogen (secondary N) is 1. The molecule has 4 heterocycles. The number of rotatable bonds is 5. The molecule has 5 rings (SSSR count). The predicted molar refractivity (Wildman–Crippen MR) is 117 cm³/mol. The molecule has 1 N–H and O–H groups in total. The highest BCUT2D eigenvalue weighted by Gasteiger charge is 2.41. The number of nitrogens with zero attached hydrogens (tertiary/aromatic N) is 1. The van der Waals surface area contributed by atoms with Gasteiger partial charge in [0.25, 0.3) is 5.91 Å². The Bertz CT molecular complexity index is 709. The lowest BCUT2D eigenvalue weighted by atomic mass is 9.83. The van der Waals surface area contributed by atoms with E-state index in [0.717, 1.165) is 76.4 Å². The Balaban J connectivity index is 0.00000205. The minimum atomic E-state index is -0.165. The van der Waals surface area contributed by atoms with Crippen molar-refractivity contribution in [3.63, 3.8) is 0 Å². The van der Waals surface area contributed by atoms with Gasteiger partial charge in [-0.1, -0.05) is 6.42 Å². The van der Waals surface area contributed by atoms with Crippen LogP contribution < -0.4 is 5.32 Å². The molecular weight excluding hydrogens is 408 g/mol. The van der Waals surface area contributed by atoms with Crippen LogP contribution in [0.2, 0.25) is 0 Å². The van der Waals surface area contributed by atoms with Crippen LogP contribution in [-0.2, 0) is 21.5 Å². The lowest BCUT2D eigenvalue weighted by Gasteiger charge is -2.40. The van der Waals surface area contributed by atoms with Crippen molar-refractivity contribution in [2.24, 2.45) is 5.92 Å². The van der Waals surface area contributed by atoms with Crippen molar-refractivity contribution in [1.29, 1.82) is 0 Å². The summed E-state index contributed by atoms with van der Waals surface area (Å²) in [6.07, 6.45) is 9.22. The van der Waals surface area contributed by atoms with Gasteiger partial charge in [0.2, 0.25) is 0 Å². The first-order chi connectivity index (χ1) is 13.7. The molecule has 5 nitrogen and oxygen atoms in total. The molecular formula is C22H33ClN2O3S. The number of amides is 1. The average Bonchev–Trinajstić information content (AvgIpc) is 3.34. The normalized spacial score (nSPS) is 25.9. The van der Waals surface area contributed by atoms with E-state index in [1.807, 2.05) is 0 Å². The van der Waals surface area contributed by atoms with Crippen LogP contribution >= 0.6 is 23.7 Å². The molecule has 162 valence electrons. The molecule has 0 bridgehead atoms. The maximum atomic E-state index is 13.5. The Hall–Kier alpha value is -0.660. The number of piperidine rings is 1. The number of thiophene rings is 1. The van der Waals surface area contributed by atoms with E-state index < -0.39 is 0 Å². The van der Waals surface area contributed by atoms with Crippen molar-refractivity contribution in [2.75, 3.05) is 39.4 Å². The summed E-state index contributed by atoms with van der Waals surface area (Å²) in [5, 5.41) is 3.44. The Morgan fingerprint density at radius 3 is 2.69 bits per heavy atom. The van der Waals surface area contributed by atoms with E-state index in [4.69, 9.17) is 9.47 Å². The highest BCUT2D eigenvalue weighted by atomic mass is 35.5. The minimum Gasteiger partial charge on any atom is -0.376 e. The van der Waals surface area contributed by atoms with Gasteiger partial charge in [0.1, 0.15) is 0 Å². The smallest absolute Gasteiger partial charge is 0.264 e. The second kappa shape index (κ2) is 9.23. The molecule has 2 saturated heterocycles. The van der Waals surface area contributed by atoms with Crippen LogP contribution in [0, 0.1) is 5.92 Å². The van der Waals surface area contributed by atoms with Crippen LogP contribution in [-0.4, -0.2) is 56.3 Å². The van der Waals surface area contributed by atoms with Crippen LogP contribution in [0.5, 0.6) is 0 Å². The number of fused-ring (bicyclic) bond motifs is 2. The first kappa shape index (κ1) is 21.6. The van der Waals surface area contributed by atoms with Crippen LogP contribution in [0.3, 0.4) is 0 Å². The zero-order chi connectivity index (χ0) is 19.0. The number of hydrogen-bond acceptors (Lipinski definition) is 5. The van der Waals surface area contributed by atoms with E-state index in [1.165, 1.54) is 29.7 Å². The molecule has 0 radical (unpaired) electrons. The highest BCUT2D eigenvalue weighted by Crippen LogP contribution is 2.43. The fraction of sp³-hybridized carbons (Fsp3) is 0.773. The van der Waals surface area contributed by atoms with Gasteiger partial charge in [0, 0.05) is 31.0 Å². The fourth-order valence-corrected chi connectivity index (χ4v) is 6.38. The van der Waals surface area contributed by atoms with Gasteiger partial charge in [-0.25, -0.2) is 0 Å². The SMILES string of the molecule is Cl.O=C(c1cc2c(s1)CCOC21CCNCC1)N(CC1CCC1)CC1CCCO1. The first-order valence-electron chi connectivity index (χ1n) is 11.1. The Labute approximate surface area is 183 Å². The fourth-order valence-electron chi connectivity index (χ4n) is 5.18. The maximum Gasteiger partial charge on any atom is 0.264 e. The van der Waals surface area contributed by atoms with Crippen LogP contribution in [0.15, 0.2) is 6.07 Å². The van der Waals surface area contributed by atoms with Crippen LogP contribution in [0.4, 0.5) is 0 Å². The van der Waals surface area contributed by atoms with Gasteiger partial charge in [-0.2, -0.15) is 0 Å². The zero-order valence-electron chi connectivity index (χ0n) is 17.1. The van der Waals surface area contributed by atoms with Crippen molar-refractivity contribution in [3.8, 4) is 0 Å². The van der Waals surface area contributed by atoms with E-state index in [9.17, 15) is 4.79 Å². The quantitative estimate of drug-likeness (QED) is 0.757. The van der Waals surface area contributed by atoms with Crippen molar-refractivity contribution in [3.05, 3.63) is 21.4 Å². The summed E-state index contributed by atoms with van der Waals surface area (Å²) in [7, 11) is 0. The van der Waals surface area contributed by atoms with Gasteiger partial charge in [0.15, 0.2) is 0 Å². The molecule has 1 spiro atoms. The molecule has 1 unspecified atom stereocenters. The zero-order valence-corrected chi connectivity index (χ0v) is 18.8. The van der Waals surface area contributed by atoms with Crippen molar-refractivity contribution >= 4 is 29.7 Å². The third-order valence-electron chi connectivity index (χ3n) is 7.07. The molecule has 3 aliphatic heterocycles. The molecule has 1 saturated carbocycles. The summed E-state index contributed by atoms with van der Waals surface area (Å²) in [5.74, 6) is 0.893. The van der Waals surface area contributed by atoms with Gasteiger partial charge in [-0.05, 0) is 69.2 Å². The van der Waals surface area contributed by atoms with Crippen molar-refractivity contribution in [1.82, 2.24) is 10.2 Å². The Morgan fingerprint density at radius 2 is 2.00 bits per heavy atom. The summed E-state index contributed by atoms with van der Waals surface area (Å²) in [5.41, 5.74) is 1.13. The predicted octanol–water partition coefficient (Wildman–Crippen LogP) is 3.74. The topological polar surface area (TPSA) is 50.8 Å². The van der Waals surface area contributed by atoms with Gasteiger partial charge in [0.05, 0.1) is 23.2 Å². The first-order valence-corrected chi connectivity index (χ1v) is 11.9. The van der Waals surface area contributed by atoms with Gasteiger partial charge in [-0.15, -0.1) is 23.7 Å². The molecule has 4 aliphatic rings. The summed E-state index contributed by atoms with van der Waals surface area (Å²) in [6.45, 7) is 5.26. The molecule has 3 fully saturated rings. The van der Waals surface area contributed by atoms with Crippen LogP contribution in [0.1, 0.15) is 65.1 Å². The molecule has 0 aromatic carbocycles. The largest absolute Gasteiger partial charge is 0.376 e. The van der Waals surface area contributed by atoms with E-state index in [2.05, 4.69) is 16.3 Å². The third-order valence-corrected chi connectivity index (χ3v) is 8.25. The molecule has 29 heavy (non-hydrogen) atoms. The number of carbonyl (C=O) groups excluding carboxylic acids is 1. The molecule has 1 aromatic heterocycles. The molecule has 7 heteroatoms. The van der Waals surface area contributed by atoms with E-state index in [0.29, 0.717) is 5.92 Å². The van der Waals surface area contributed by atoms with Gasteiger partial charge < -0.3 is 19.7 Å². The summed E-state index contributed by atoms with van der Waals surface area (Å²) in [4.78, 5) is 17.9. The van der Waals surface area contributed by atoms with Crippen molar-refractivity contribution < 1.29 is 14.3 Å². The third kappa shape index (κ3) is 4.38. The second-order valence-electron chi connectivity index (χ2n) is 8.93. The molecule has 1 amide bonds. The van der Waals surface area contributed by atoms with Gasteiger partial charge >= 0.3 is 0 Å². The standard InChI is InChI=1S/C22H32N2O3S.ClH/c25-21(24(14-16-3-1-4-16)15-17-5-2-11-26-17)20-13-18-19(28-20)6-12-27-22(18)7-9-23-10-8-22;/h13,16-17,23H,1-12,14-15H2;1H. The lowest BCUT2D eigenvalue weighted by molar-refractivity contribution is -0.0792. The monoisotopic (exact) mass is 440 g/mol. The van der Waals surface area contributed by atoms with E-state index in [1.54, 1.807) is 11.3 Å². The number of halogens is 1. The maximum absolute atomic E-state index is 13.5. The molecule has 1 aromatic rings. The molecule has 1 atom stereocenters. The second-order valence-corrected chi connectivity index (χ2v) is 10.1. The average molecular weight is 441 g/mol. The highest BCUT2D eigenvalue weighted by molar-refractivity contribution is 7.14. The lowest BCUT2D eigenvalue weighted by Crippen LogP contribution is -2.44. The Morgan fingerprint density at radius 1 is 1.17 bits per heavy atom.